The van der Waals surface area contributed by atoms with Crippen molar-refractivity contribution in [2.45, 2.75) is 58.8 Å². The molecule has 0 unspecified atom stereocenters. The Kier molecular flexibility index (Phi) is 4.02. The number of carbonyl (C=O) groups excluding carboxylic acids is 1. The van der Waals surface area contributed by atoms with Gasteiger partial charge in [-0.05, 0) is 73.3 Å². The van der Waals surface area contributed by atoms with Crippen molar-refractivity contribution < 1.29 is 4.79 Å². The smallest absolute Gasteiger partial charge is 0.228 e. The highest BCUT2D eigenvalue weighted by Gasteiger charge is 2.58. The Morgan fingerprint density at radius 2 is 1.87 bits per heavy atom. The van der Waals surface area contributed by atoms with Crippen molar-refractivity contribution >= 4 is 33.8 Å². The Bertz CT molecular complexity index is 1050. The molecule has 0 bridgehead atoms. The monoisotopic (exact) mass is 420 g/mol. The highest BCUT2D eigenvalue weighted by Crippen LogP contribution is 2.65. The van der Waals surface area contributed by atoms with E-state index in [4.69, 9.17) is 4.98 Å². The summed E-state index contributed by atoms with van der Waals surface area (Å²) in [6.45, 7) is 4.73. The molecule has 1 N–H and O–H groups in total. The van der Waals surface area contributed by atoms with Crippen LogP contribution in [0.15, 0.2) is 24.5 Å². The van der Waals surface area contributed by atoms with Crippen LogP contribution in [0.1, 0.15) is 62.9 Å². The van der Waals surface area contributed by atoms with E-state index < -0.39 is 0 Å². The number of aryl methyl sites for hydroxylation is 1. The third-order valence-electron chi connectivity index (χ3n) is 8.78. The molecule has 0 spiro atoms. The molecule has 2 heterocycles. The number of thiazole rings is 1. The second kappa shape index (κ2) is 6.46. The summed E-state index contributed by atoms with van der Waals surface area (Å²) in [4.78, 5) is 27.6. The van der Waals surface area contributed by atoms with Gasteiger partial charge in [-0.15, -0.1) is 11.3 Å². The van der Waals surface area contributed by atoms with E-state index in [-0.39, 0.29) is 10.8 Å². The lowest BCUT2D eigenvalue weighted by molar-refractivity contribution is -0.131. The van der Waals surface area contributed by atoms with E-state index in [0.29, 0.717) is 29.5 Å². The largest absolute Gasteiger partial charge is 0.300 e. The number of rotatable bonds is 2. The molecule has 2 saturated carbocycles. The van der Waals surface area contributed by atoms with E-state index >= 15 is 0 Å². The average molecular weight is 421 g/mol. The van der Waals surface area contributed by atoms with Gasteiger partial charge in [-0.1, -0.05) is 19.9 Å². The standard InChI is InChI=1S/C24H28N4OS/c1-23-11-9-18-20(27-22(30-18)28-21-25-12-3-13-26-21)17(23)5-4-14-15-6-7-19(29)24(15,2)10-8-16(14)23/h3,5,12-16H,4,6-11H2,1-2H3,(H,25,26,27,28)/t14-,15-,16-,23+,24-/m0/s1. The average Bonchev–Trinajstić information content (AvgIpc) is 3.28. The SMILES string of the molecule is C[C@]12CCc3sc(Nc4ncccn4)nc3C1=CC[C@@H]1[C@@H]2CC[C@]2(C)C(=O)CC[C@@H]12. The zero-order chi connectivity index (χ0) is 20.5. The summed E-state index contributed by atoms with van der Waals surface area (Å²) in [5.74, 6) is 3.02. The van der Waals surface area contributed by atoms with E-state index in [1.807, 2.05) is 6.07 Å². The van der Waals surface area contributed by atoms with Crippen LogP contribution in [0.5, 0.6) is 0 Å². The molecular formula is C24H28N4OS. The second-order valence-electron chi connectivity index (χ2n) is 10.1. The summed E-state index contributed by atoms with van der Waals surface area (Å²) in [7, 11) is 0. The van der Waals surface area contributed by atoms with Crippen LogP contribution in [0.4, 0.5) is 11.1 Å². The number of anilines is 2. The molecule has 6 rings (SSSR count). The van der Waals surface area contributed by atoms with Crippen LogP contribution >= 0.6 is 11.3 Å². The molecule has 156 valence electrons. The topological polar surface area (TPSA) is 67.8 Å². The summed E-state index contributed by atoms with van der Waals surface area (Å²) in [5, 5.41) is 4.17. The van der Waals surface area contributed by atoms with Crippen LogP contribution in [0.2, 0.25) is 0 Å². The van der Waals surface area contributed by atoms with Gasteiger partial charge < -0.3 is 5.32 Å². The molecule has 0 aromatic carbocycles. The van der Waals surface area contributed by atoms with Gasteiger partial charge in [-0.2, -0.15) is 0 Å². The number of nitrogens with zero attached hydrogens (tertiary/aromatic N) is 3. The van der Waals surface area contributed by atoms with Gasteiger partial charge in [0.1, 0.15) is 5.78 Å². The molecule has 4 aliphatic rings. The molecule has 0 saturated heterocycles. The van der Waals surface area contributed by atoms with Gasteiger partial charge in [0.15, 0.2) is 5.13 Å². The number of hydrogen-bond donors (Lipinski definition) is 1. The molecule has 5 atom stereocenters. The molecule has 6 heteroatoms. The Morgan fingerprint density at radius 1 is 1.07 bits per heavy atom. The third kappa shape index (κ3) is 2.52. The molecule has 5 nitrogen and oxygen atoms in total. The first-order chi connectivity index (χ1) is 14.5. The first-order valence-corrected chi connectivity index (χ1v) is 12.1. The molecule has 30 heavy (non-hydrogen) atoms. The van der Waals surface area contributed by atoms with Crippen LogP contribution in [-0.4, -0.2) is 20.7 Å². The van der Waals surface area contributed by atoms with Crippen LogP contribution in [-0.2, 0) is 11.2 Å². The molecule has 0 radical (unpaired) electrons. The molecule has 4 aliphatic carbocycles. The van der Waals surface area contributed by atoms with E-state index in [1.165, 1.54) is 29.0 Å². The van der Waals surface area contributed by atoms with Gasteiger partial charge in [0, 0.05) is 29.1 Å². The van der Waals surface area contributed by atoms with Gasteiger partial charge >= 0.3 is 0 Å². The number of Topliss-reactive ketones (excluding diaryl/α,β-unsaturated/α-hetero) is 1. The zero-order valence-corrected chi connectivity index (χ0v) is 18.5. The Labute approximate surface area is 181 Å². The van der Waals surface area contributed by atoms with Crippen LogP contribution in [0, 0.1) is 28.6 Å². The molecule has 2 aromatic heterocycles. The summed E-state index contributed by atoms with van der Waals surface area (Å²) in [6.07, 6.45) is 13.5. The van der Waals surface area contributed by atoms with Gasteiger partial charge in [0.05, 0.1) is 5.69 Å². The summed E-state index contributed by atoms with van der Waals surface area (Å²) >= 11 is 1.74. The molecule has 0 aliphatic heterocycles. The number of carbonyl (C=O) groups is 1. The molecule has 0 amide bonds. The molecule has 2 aromatic rings. The summed E-state index contributed by atoms with van der Waals surface area (Å²) in [6, 6.07) is 1.82. The Hall–Kier alpha value is -2.08. The van der Waals surface area contributed by atoms with Gasteiger partial charge in [-0.3, -0.25) is 4.79 Å². The van der Waals surface area contributed by atoms with Gasteiger partial charge in [0.25, 0.3) is 0 Å². The maximum absolute atomic E-state index is 12.6. The zero-order valence-electron chi connectivity index (χ0n) is 17.6. The van der Waals surface area contributed by atoms with Crippen molar-refractivity contribution in [2.75, 3.05) is 5.32 Å². The van der Waals surface area contributed by atoms with Crippen molar-refractivity contribution in [3.8, 4) is 0 Å². The van der Waals surface area contributed by atoms with E-state index in [2.05, 4.69) is 35.2 Å². The lowest BCUT2D eigenvalue weighted by Crippen LogP contribution is -2.49. The minimum atomic E-state index is -0.0594. The Morgan fingerprint density at radius 3 is 2.70 bits per heavy atom. The maximum Gasteiger partial charge on any atom is 0.228 e. The number of aromatic nitrogens is 3. The van der Waals surface area contributed by atoms with Crippen molar-refractivity contribution in [3.05, 3.63) is 35.1 Å². The second-order valence-corrected chi connectivity index (χ2v) is 11.1. The van der Waals surface area contributed by atoms with Crippen molar-refractivity contribution in [1.82, 2.24) is 15.0 Å². The van der Waals surface area contributed by atoms with Crippen molar-refractivity contribution in [1.29, 1.82) is 0 Å². The fourth-order valence-electron chi connectivity index (χ4n) is 7.17. The maximum atomic E-state index is 12.6. The number of ketones is 1. The van der Waals surface area contributed by atoms with Crippen molar-refractivity contribution in [2.24, 2.45) is 28.6 Å². The van der Waals surface area contributed by atoms with Crippen LogP contribution < -0.4 is 5.32 Å². The quantitative estimate of drug-likeness (QED) is 0.702. The minimum Gasteiger partial charge on any atom is -0.300 e. The Balaban J connectivity index is 1.34. The van der Waals surface area contributed by atoms with Gasteiger partial charge in [0.2, 0.25) is 5.95 Å². The van der Waals surface area contributed by atoms with E-state index in [9.17, 15) is 4.79 Å². The highest BCUT2D eigenvalue weighted by molar-refractivity contribution is 7.15. The predicted molar refractivity (Wildman–Crippen MR) is 119 cm³/mol. The molecule has 2 fully saturated rings. The van der Waals surface area contributed by atoms with E-state index in [1.54, 1.807) is 23.7 Å². The lowest BCUT2D eigenvalue weighted by atomic mass is 9.48. The third-order valence-corrected chi connectivity index (χ3v) is 9.81. The first kappa shape index (κ1) is 18.7. The summed E-state index contributed by atoms with van der Waals surface area (Å²) in [5.41, 5.74) is 2.77. The number of fused-ring (bicyclic) bond motifs is 7. The number of nitrogens with one attached hydrogen (secondary N) is 1. The van der Waals surface area contributed by atoms with Crippen molar-refractivity contribution in [3.63, 3.8) is 0 Å². The fourth-order valence-corrected chi connectivity index (χ4v) is 8.14. The fraction of sp³-hybridized carbons (Fsp3) is 0.583. The highest BCUT2D eigenvalue weighted by atomic mass is 32.1. The molecular weight excluding hydrogens is 392 g/mol. The van der Waals surface area contributed by atoms with Crippen LogP contribution in [0.3, 0.4) is 0 Å². The summed E-state index contributed by atoms with van der Waals surface area (Å²) < 4.78 is 0. The number of hydrogen-bond acceptors (Lipinski definition) is 6. The van der Waals surface area contributed by atoms with Crippen LogP contribution in [0.25, 0.3) is 5.57 Å². The van der Waals surface area contributed by atoms with Gasteiger partial charge in [-0.25, -0.2) is 15.0 Å². The predicted octanol–water partition coefficient (Wildman–Crippen LogP) is 5.43. The van der Waals surface area contributed by atoms with E-state index in [0.717, 1.165) is 37.2 Å². The minimum absolute atomic E-state index is 0.0594. The normalized spacial score (nSPS) is 36.9. The lowest BCUT2D eigenvalue weighted by Gasteiger charge is -2.55. The first-order valence-electron chi connectivity index (χ1n) is 11.3. The number of allylic oxidation sites excluding steroid dienone is 2.